The molecular formula is C21H25FN4O2. The lowest BCUT2D eigenvalue weighted by Crippen LogP contribution is -2.47. The summed E-state index contributed by atoms with van der Waals surface area (Å²) >= 11 is 0. The largest absolute Gasteiger partial charge is 0.349 e. The number of benzene rings is 1. The van der Waals surface area contributed by atoms with Crippen LogP contribution in [0.15, 0.2) is 42.6 Å². The van der Waals surface area contributed by atoms with Crippen LogP contribution < -0.4 is 10.6 Å². The van der Waals surface area contributed by atoms with E-state index in [1.54, 1.807) is 43.3 Å². The molecule has 148 valence electrons. The van der Waals surface area contributed by atoms with E-state index in [1.165, 1.54) is 18.3 Å². The van der Waals surface area contributed by atoms with Crippen LogP contribution in [0.5, 0.6) is 0 Å². The third-order valence-corrected chi connectivity index (χ3v) is 5.26. The van der Waals surface area contributed by atoms with Crippen molar-refractivity contribution < 1.29 is 14.0 Å². The zero-order chi connectivity index (χ0) is 20.1. The van der Waals surface area contributed by atoms with Gasteiger partial charge in [-0.3, -0.25) is 9.78 Å². The van der Waals surface area contributed by atoms with E-state index in [0.717, 1.165) is 25.7 Å². The first-order chi connectivity index (χ1) is 13.5. The summed E-state index contributed by atoms with van der Waals surface area (Å²) in [6.45, 7) is 0. The van der Waals surface area contributed by atoms with E-state index in [1.807, 2.05) is 0 Å². The molecule has 3 rings (SSSR count). The van der Waals surface area contributed by atoms with Crippen molar-refractivity contribution in [3.63, 3.8) is 0 Å². The van der Waals surface area contributed by atoms with Gasteiger partial charge in [-0.05, 0) is 49.9 Å². The molecule has 1 aliphatic carbocycles. The lowest BCUT2D eigenvalue weighted by Gasteiger charge is -2.34. The summed E-state index contributed by atoms with van der Waals surface area (Å²) in [4.78, 5) is 30.2. The van der Waals surface area contributed by atoms with Crippen molar-refractivity contribution >= 4 is 11.9 Å². The van der Waals surface area contributed by atoms with Gasteiger partial charge in [-0.1, -0.05) is 12.1 Å². The molecule has 0 atom stereocenters. The van der Waals surface area contributed by atoms with E-state index in [4.69, 9.17) is 0 Å². The van der Waals surface area contributed by atoms with E-state index < -0.39 is 0 Å². The van der Waals surface area contributed by atoms with Gasteiger partial charge in [-0.2, -0.15) is 0 Å². The lowest BCUT2D eigenvalue weighted by atomic mass is 9.90. The molecule has 1 fully saturated rings. The molecule has 28 heavy (non-hydrogen) atoms. The molecule has 1 heterocycles. The SMILES string of the molecule is CNC(=O)N(C)C1CCC(NC(=O)c2ccc(-c3cccc(F)c3)nc2)CC1. The van der Waals surface area contributed by atoms with Crippen LogP contribution >= 0.6 is 0 Å². The third kappa shape index (κ3) is 4.65. The molecule has 0 saturated heterocycles. The van der Waals surface area contributed by atoms with Crippen LogP contribution in [0.2, 0.25) is 0 Å². The number of rotatable bonds is 4. The Morgan fingerprint density at radius 3 is 2.50 bits per heavy atom. The number of pyridine rings is 1. The van der Waals surface area contributed by atoms with Gasteiger partial charge in [0.2, 0.25) is 0 Å². The van der Waals surface area contributed by atoms with Gasteiger partial charge < -0.3 is 15.5 Å². The zero-order valence-electron chi connectivity index (χ0n) is 16.1. The minimum absolute atomic E-state index is 0.0862. The van der Waals surface area contributed by atoms with Crippen LogP contribution in [0.1, 0.15) is 36.0 Å². The van der Waals surface area contributed by atoms with Crippen LogP contribution in [0.4, 0.5) is 9.18 Å². The Morgan fingerprint density at radius 2 is 1.89 bits per heavy atom. The third-order valence-electron chi connectivity index (χ3n) is 5.26. The topological polar surface area (TPSA) is 74.3 Å². The summed E-state index contributed by atoms with van der Waals surface area (Å²) in [5.74, 6) is -0.486. The molecular weight excluding hydrogens is 359 g/mol. The van der Waals surface area contributed by atoms with Crippen LogP contribution in [0.25, 0.3) is 11.3 Å². The van der Waals surface area contributed by atoms with Crippen LogP contribution in [0.3, 0.4) is 0 Å². The van der Waals surface area contributed by atoms with Gasteiger partial charge in [0.05, 0.1) is 11.3 Å². The fraction of sp³-hybridized carbons (Fsp3) is 0.381. The van der Waals surface area contributed by atoms with Crippen molar-refractivity contribution in [3.05, 3.63) is 54.0 Å². The second kappa shape index (κ2) is 8.82. The maximum atomic E-state index is 13.3. The highest BCUT2D eigenvalue weighted by Crippen LogP contribution is 2.23. The maximum absolute atomic E-state index is 13.3. The summed E-state index contributed by atoms with van der Waals surface area (Å²) in [5.41, 5.74) is 1.77. The van der Waals surface area contributed by atoms with Gasteiger partial charge in [0.15, 0.2) is 0 Å². The number of carbonyl (C=O) groups excluding carboxylic acids is 2. The quantitative estimate of drug-likeness (QED) is 0.850. The molecule has 0 radical (unpaired) electrons. The van der Waals surface area contributed by atoms with Crippen molar-refractivity contribution in [3.8, 4) is 11.3 Å². The summed E-state index contributed by atoms with van der Waals surface area (Å²) < 4.78 is 13.3. The molecule has 2 N–H and O–H groups in total. The van der Waals surface area contributed by atoms with E-state index in [0.29, 0.717) is 16.8 Å². The summed E-state index contributed by atoms with van der Waals surface area (Å²) in [6, 6.07) is 9.82. The minimum atomic E-state index is -0.321. The predicted molar refractivity (Wildman–Crippen MR) is 105 cm³/mol. The second-order valence-electron chi connectivity index (χ2n) is 7.09. The molecule has 2 aromatic rings. The monoisotopic (exact) mass is 384 g/mol. The highest BCUT2D eigenvalue weighted by atomic mass is 19.1. The molecule has 0 bridgehead atoms. The fourth-order valence-electron chi connectivity index (χ4n) is 3.57. The van der Waals surface area contributed by atoms with Gasteiger partial charge in [0.1, 0.15) is 5.82 Å². The van der Waals surface area contributed by atoms with Crippen LogP contribution in [-0.2, 0) is 0 Å². The van der Waals surface area contributed by atoms with Crippen LogP contribution in [0, 0.1) is 5.82 Å². The average Bonchev–Trinajstić information content (AvgIpc) is 2.73. The molecule has 7 heteroatoms. The normalized spacial score (nSPS) is 19.0. The molecule has 1 aromatic carbocycles. The maximum Gasteiger partial charge on any atom is 0.317 e. The van der Waals surface area contributed by atoms with E-state index in [9.17, 15) is 14.0 Å². The Hall–Kier alpha value is -2.96. The number of nitrogens with one attached hydrogen (secondary N) is 2. The molecule has 1 saturated carbocycles. The second-order valence-corrected chi connectivity index (χ2v) is 7.09. The van der Waals surface area contributed by atoms with E-state index >= 15 is 0 Å². The first-order valence-electron chi connectivity index (χ1n) is 9.45. The predicted octanol–water partition coefficient (Wildman–Crippen LogP) is 3.20. The Bertz CT molecular complexity index is 833. The number of nitrogens with zero attached hydrogens (tertiary/aromatic N) is 2. The Morgan fingerprint density at radius 1 is 1.14 bits per heavy atom. The number of amides is 3. The highest BCUT2D eigenvalue weighted by molar-refractivity contribution is 5.94. The number of urea groups is 1. The van der Waals surface area contributed by atoms with Gasteiger partial charge in [0, 0.05) is 37.9 Å². The smallest absolute Gasteiger partial charge is 0.317 e. The average molecular weight is 384 g/mol. The molecule has 6 nitrogen and oxygen atoms in total. The van der Waals surface area contributed by atoms with Crippen molar-refractivity contribution in [2.45, 2.75) is 37.8 Å². The van der Waals surface area contributed by atoms with Crippen molar-refractivity contribution in [2.24, 2.45) is 0 Å². The number of hydrogen-bond donors (Lipinski definition) is 2. The summed E-state index contributed by atoms with van der Waals surface area (Å²) in [6.07, 6.45) is 4.87. The Balaban J connectivity index is 1.55. The van der Waals surface area contributed by atoms with Gasteiger partial charge >= 0.3 is 6.03 Å². The Labute approximate surface area is 164 Å². The van der Waals surface area contributed by atoms with E-state index in [-0.39, 0.29) is 29.8 Å². The number of carbonyl (C=O) groups is 2. The molecule has 1 aromatic heterocycles. The highest BCUT2D eigenvalue weighted by Gasteiger charge is 2.27. The summed E-state index contributed by atoms with van der Waals surface area (Å²) in [5, 5.41) is 5.68. The molecule has 0 unspecified atom stereocenters. The fourth-order valence-corrected chi connectivity index (χ4v) is 3.57. The van der Waals surface area contributed by atoms with Gasteiger partial charge in [-0.15, -0.1) is 0 Å². The molecule has 0 spiro atoms. The summed E-state index contributed by atoms with van der Waals surface area (Å²) in [7, 11) is 3.42. The van der Waals surface area contributed by atoms with E-state index in [2.05, 4.69) is 15.6 Å². The molecule has 1 aliphatic rings. The number of halogens is 1. The first kappa shape index (κ1) is 19.8. The lowest BCUT2D eigenvalue weighted by molar-refractivity contribution is 0.0914. The standard InChI is InChI=1S/C21H25FN4O2/c1-23-21(28)26(2)18-9-7-17(8-10-18)25-20(27)15-6-11-19(24-13-15)14-4-3-5-16(22)12-14/h3-6,11-13,17-18H,7-10H2,1-2H3,(H,23,28)(H,25,27). The van der Waals surface area contributed by atoms with Crippen molar-refractivity contribution in [1.82, 2.24) is 20.5 Å². The van der Waals surface area contributed by atoms with Crippen LogP contribution in [-0.4, -0.2) is 48.0 Å². The van der Waals surface area contributed by atoms with Gasteiger partial charge in [-0.25, -0.2) is 9.18 Å². The molecule has 3 amide bonds. The number of aromatic nitrogens is 1. The molecule has 0 aliphatic heterocycles. The number of hydrogen-bond acceptors (Lipinski definition) is 3. The Kier molecular flexibility index (Phi) is 6.23. The van der Waals surface area contributed by atoms with Crippen molar-refractivity contribution in [1.29, 1.82) is 0 Å². The van der Waals surface area contributed by atoms with Crippen molar-refractivity contribution in [2.75, 3.05) is 14.1 Å². The van der Waals surface area contributed by atoms with Gasteiger partial charge in [0.25, 0.3) is 5.91 Å². The zero-order valence-corrected chi connectivity index (χ0v) is 16.1. The minimum Gasteiger partial charge on any atom is -0.349 e. The first-order valence-corrected chi connectivity index (χ1v) is 9.45.